The molecular formula is C13H27N3O3S. The number of nitrogens with zero attached hydrogens (tertiary/aromatic N) is 1. The van der Waals surface area contributed by atoms with Gasteiger partial charge in [0.25, 0.3) is 10.2 Å². The molecule has 0 aromatic carbocycles. The lowest BCUT2D eigenvalue weighted by Gasteiger charge is -2.37. The second-order valence-electron chi connectivity index (χ2n) is 6.49. The van der Waals surface area contributed by atoms with Crippen LogP contribution >= 0.6 is 0 Å². The Balaban J connectivity index is 1.93. The molecule has 3 unspecified atom stereocenters. The van der Waals surface area contributed by atoms with E-state index in [1.54, 1.807) is 0 Å². The molecule has 118 valence electrons. The first-order valence-corrected chi connectivity index (χ1v) is 8.86. The first-order chi connectivity index (χ1) is 9.31. The fourth-order valence-corrected chi connectivity index (χ4v) is 4.48. The Morgan fingerprint density at radius 2 is 2.00 bits per heavy atom. The largest absolute Gasteiger partial charge is 0.373 e. The summed E-state index contributed by atoms with van der Waals surface area (Å²) in [6.45, 7) is 9.18. The second-order valence-corrected chi connectivity index (χ2v) is 8.25. The molecule has 0 aromatic rings. The van der Waals surface area contributed by atoms with Crippen LogP contribution in [0.4, 0.5) is 0 Å². The van der Waals surface area contributed by atoms with E-state index in [4.69, 9.17) is 4.74 Å². The monoisotopic (exact) mass is 305 g/mol. The number of morpholine rings is 1. The van der Waals surface area contributed by atoms with Crippen molar-refractivity contribution >= 4 is 10.2 Å². The number of ether oxygens (including phenoxy) is 1. The Morgan fingerprint density at radius 1 is 1.35 bits per heavy atom. The quantitative estimate of drug-likeness (QED) is 0.785. The Morgan fingerprint density at radius 3 is 2.55 bits per heavy atom. The molecule has 6 nitrogen and oxygen atoms in total. The van der Waals surface area contributed by atoms with E-state index in [1.807, 2.05) is 13.8 Å². The molecule has 0 amide bonds. The van der Waals surface area contributed by atoms with Crippen LogP contribution in [0.1, 0.15) is 33.6 Å². The van der Waals surface area contributed by atoms with Crippen LogP contribution in [0.15, 0.2) is 0 Å². The van der Waals surface area contributed by atoms with E-state index in [2.05, 4.69) is 17.0 Å². The van der Waals surface area contributed by atoms with Gasteiger partial charge in [-0.05, 0) is 38.6 Å². The first-order valence-electron chi connectivity index (χ1n) is 7.42. The molecule has 0 saturated carbocycles. The zero-order valence-electron chi connectivity index (χ0n) is 12.7. The smallest absolute Gasteiger partial charge is 0.279 e. The van der Waals surface area contributed by atoms with E-state index in [9.17, 15) is 8.42 Å². The molecule has 20 heavy (non-hydrogen) atoms. The number of hydrogen-bond acceptors (Lipinski definition) is 4. The average Bonchev–Trinajstić information content (AvgIpc) is 2.37. The predicted octanol–water partition coefficient (Wildman–Crippen LogP) is 0.320. The molecule has 2 fully saturated rings. The maximum absolute atomic E-state index is 12.4. The summed E-state index contributed by atoms with van der Waals surface area (Å²) in [7, 11) is -3.41. The van der Waals surface area contributed by atoms with Gasteiger partial charge in [-0.2, -0.15) is 12.7 Å². The normalized spacial score (nSPS) is 37.0. The summed E-state index contributed by atoms with van der Waals surface area (Å²) in [6, 6.07) is 0. The average molecular weight is 305 g/mol. The maximum Gasteiger partial charge on any atom is 0.279 e. The van der Waals surface area contributed by atoms with Gasteiger partial charge in [-0.25, -0.2) is 4.72 Å². The summed E-state index contributed by atoms with van der Waals surface area (Å²) < 4.78 is 34.7. The molecule has 3 atom stereocenters. The Kier molecular flexibility index (Phi) is 5.07. The minimum atomic E-state index is -3.41. The Labute approximate surface area is 122 Å². The van der Waals surface area contributed by atoms with Gasteiger partial charge >= 0.3 is 0 Å². The van der Waals surface area contributed by atoms with Gasteiger partial charge in [0.15, 0.2) is 0 Å². The molecule has 2 saturated heterocycles. The molecule has 0 bridgehead atoms. The van der Waals surface area contributed by atoms with Gasteiger partial charge in [0.1, 0.15) is 0 Å². The zero-order valence-corrected chi connectivity index (χ0v) is 13.5. The summed E-state index contributed by atoms with van der Waals surface area (Å²) >= 11 is 0. The van der Waals surface area contributed by atoms with Crippen molar-refractivity contribution in [2.24, 2.45) is 5.41 Å². The van der Waals surface area contributed by atoms with Crippen molar-refractivity contribution in [3.8, 4) is 0 Å². The van der Waals surface area contributed by atoms with Gasteiger partial charge in [0.05, 0.1) is 12.2 Å². The fraction of sp³-hybridized carbons (Fsp3) is 1.00. The van der Waals surface area contributed by atoms with Gasteiger partial charge < -0.3 is 10.1 Å². The lowest BCUT2D eigenvalue weighted by atomic mass is 9.83. The molecule has 2 rings (SSSR count). The zero-order chi connectivity index (χ0) is 14.8. The van der Waals surface area contributed by atoms with E-state index >= 15 is 0 Å². The highest BCUT2D eigenvalue weighted by atomic mass is 32.2. The highest BCUT2D eigenvalue weighted by Crippen LogP contribution is 2.25. The number of hydrogen-bond donors (Lipinski definition) is 2. The second kappa shape index (κ2) is 6.27. The first kappa shape index (κ1) is 16.2. The van der Waals surface area contributed by atoms with Crippen molar-refractivity contribution in [3.63, 3.8) is 0 Å². The molecule has 0 spiro atoms. The van der Waals surface area contributed by atoms with Gasteiger partial charge in [-0.15, -0.1) is 0 Å². The molecule has 2 aliphatic heterocycles. The SMILES string of the molecule is CC1CN(S(=O)(=O)NCC2(C)CCCNC2)CC(C)O1. The number of piperidine rings is 1. The van der Waals surface area contributed by atoms with Crippen LogP contribution in [-0.2, 0) is 14.9 Å². The van der Waals surface area contributed by atoms with Gasteiger partial charge in [0.2, 0.25) is 0 Å². The minimum Gasteiger partial charge on any atom is -0.373 e. The summed E-state index contributed by atoms with van der Waals surface area (Å²) in [5, 5.41) is 3.34. The number of rotatable bonds is 4. The third-order valence-electron chi connectivity index (χ3n) is 4.09. The predicted molar refractivity (Wildman–Crippen MR) is 78.7 cm³/mol. The fourth-order valence-electron chi connectivity index (χ4n) is 2.95. The topological polar surface area (TPSA) is 70.7 Å². The summed E-state index contributed by atoms with van der Waals surface area (Å²) in [4.78, 5) is 0. The molecule has 2 aliphatic rings. The van der Waals surface area contributed by atoms with E-state index in [0.29, 0.717) is 19.6 Å². The van der Waals surface area contributed by atoms with Crippen LogP contribution in [-0.4, -0.2) is 57.7 Å². The van der Waals surface area contributed by atoms with Crippen molar-refractivity contribution in [1.29, 1.82) is 0 Å². The van der Waals surface area contributed by atoms with Crippen molar-refractivity contribution in [1.82, 2.24) is 14.3 Å². The van der Waals surface area contributed by atoms with Crippen molar-refractivity contribution in [3.05, 3.63) is 0 Å². The van der Waals surface area contributed by atoms with Crippen LogP contribution in [0.5, 0.6) is 0 Å². The molecule has 0 radical (unpaired) electrons. The lowest BCUT2D eigenvalue weighted by molar-refractivity contribution is -0.0444. The third kappa shape index (κ3) is 4.14. The van der Waals surface area contributed by atoms with Crippen molar-refractivity contribution in [2.45, 2.75) is 45.8 Å². The van der Waals surface area contributed by atoms with Crippen LogP contribution in [0, 0.1) is 5.41 Å². The Hall–Kier alpha value is -0.210. The summed E-state index contributed by atoms with van der Waals surface area (Å²) in [5.74, 6) is 0. The van der Waals surface area contributed by atoms with Crippen LogP contribution in [0.2, 0.25) is 0 Å². The molecule has 7 heteroatoms. The number of nitrogens with one attached hydrogen (secondary N) is 2. The molecule has 2 N–H and O–H groups in total. The van der Waals surface area contributed by atoms with Crippen molar-refractivity contribution < 1.29 is 13.2 Å². The van der Waals surface area contributed by atoms with Crippen LogP contribution in [0.3, 0.4) is 0 Å². The molecule has 2 heterocycles. The van der Waals surface area contributed by atoms with E-state index in [1.165, 1.54) is 4.31 Å². The molecule has 0 aromatic heterocycles. The Bertz CT molecular complexity index is 411. The van der Waals surface area contributed by atoms with Crippen LogP contribution in [0.25, 0.3) is 0 Å². The van der Waals surface area contributed by atoms with Gasteiger partial charge in [-0.3, -0.25) is 0 Å². The van der Waals surface area contributed by atoms with E-state index in [-0.39, 0.29) is 17.6 Å². The lowest BCUT2D eigenvalue weighted by Crippen LogP contribution is -2.54. The van der Waals surface area contributed by atoms with Gasteiger partial charge in [0, 0.05) is 26.2 Å². The van der Waals surface area contributed by atoms with Crippen LogP contribution < -0.4 is 10.0 Å². The van der Waals surface area contributed by atoms with Crippen molar-refractivity contribution in [2.75, 3.05) is 32.7 Å². The summed E-state index contributed by atoms with van der Waals surface area (Å²) in [5.41, 5.74) is 0.00877. The third-order valence-corrected chi connectivity index (χ3v) is 5.58. The maximum atomic E-state index is 12.4. The minimum absolute atomic E-state index is 0.00877. The highest BCUT2D eigenvalue weighted by molar-refractivity contribution is 7.87. The molecular weight excluding hydrogens is 278 g/mol. The standard InChI is InChI=1S/C13H27N3O3S/c1-11-7-16(8-12(2)19-11)20(17,18)15-10-13(3)5-4-6-14-9-13/h11-12,14-15H,4-10H2,1-3H3. The van der Waals surface area contributed by atoms with E-state index < -0.39 is 10.2 Å². The van der Waals surface area contributed by atoms with Gasteiger partial charge in [-0.1, -0.05) is 6.92 Å². The molecule has 0 aliphatic carbocycles. The van der Waals surface area contributed by atoms with E-state index in [0.717, 1.165) is 25.9 Å². The highest BCUT2D eigenvalue weighted by Gasteiger charge is 2.33. The summed E-state index contributed by atoms with van der Waals surface area (Å²) in [6.07, 6.45) is 2.05.